The van der Waals surface area contributed by atoms with Gasteiger partial charge in [0.15, 0.2) is 0 Å². The first-order chi connectivity index (χ1) is 11.7. The molecule has 25 heavy (non-hydrogen) atoms. The number of amides is 1. The number of benzene rings is 1. The number of hydrogen-bond donors (Lipinski definition) is 2. The average Bonchev–Trinajstić information content (AvgIpc) is 3.12. The van der Waals surface area contributed by atoms with Crippen LogP contribution >= 0.6 is 0 Å². The number of β-amino-alcohol motifs (C(OH)–C–C–N with tert-alkyl or cyclic N) is 1. The van der Waals surface area contributed by atoms with Crippen molar-refractivity contribution in [2.24, 2.45) is 0 Å². The number of alkyl halides is 3. The summed E-state index contributed by atoms with van der Waals surface area (Å²) in [6.07, 6.45) is -4.96. The molecule has 0 unspecified atom stereocenters. The number of likely N-dealkylation sites (tertiary alicyclic amines) is 1. The molecule has 134 valence electrons. The summed E-state index contributed by atoms with van der Waals surface area (Å²) in [5.41, 5.74) is 0.991. The number of carbonyl (C=O) groups is 1. The van der Waals surface area contributed by atoms with Crippen LogP contribution in [0.25, 0.3) is 0 Å². The third-order valence-corrected chi connectivity index (χ3v) is 4.29. The normalized spacial score (nSPS) is 20.9. The first-order valence-corrected chi connectivity index (χ1v) is 7.89. The number of H-pyrrole nitrogens is 1. The lowest BCUT2D eigenvalue weighted by molar-refractivity contribution is -0.137. The van der Waals surface area contributed by atoms with Crippen molar-refractivity contribution in [1.82, 2.24) is 15.1 Å². The summed E-state index contributed by atoms with van der Waals surface area (Å²) in [6.45, 7) is 1.91. The first-order valence-electron chi connectivity index (χ1n) is 7.89. The van der Waals surface area contributed by atoms with E-state index < -0.39 is 23.9 Å². The Bertz CT molecular complexity index is 772. The number of aliphatic hydroxyl groups is 1. The molecule has 3 rings (SSSR count). The van der Waals surface area contributed by atoms with Gasteiger partial charge in [0.2, 0.25) is 5.91 Å². The minimum absolute atomic E-state index is 0.0342. The maximum Gasteiger partial charge on any atom is 0.416 e. The van der Waals surface area contributed by atoms with Gasteiger partial charge in [0.25, 0.3) is 0 Å². The predicted molar refractivity (Wildman–Crippen MR) is 83.6 cm³/mol. The monoisotopic (exact) mass is 353 g/mol. The summed E-state index contributed by atoms with van der Waals surface area (Å²) in [4.78, 5) is 14.0. The van der Waals surface area contributed by atoms with Gasteiger partial charge in [-0.25, -0.2) is 0 Å². The van der Waals surface area contributed by atoms with Crippen molar-refractivity contribution >= 4 is 5.91 Å². The first kappa shape index (κ1) is 17.5. The van der Waals surface area contributed by atoms with Crippen LogP contribution in [0.3, 0.4) is 0 Å². The van der Waals surface area contributed by atoms with Gasteiger partial charge in [-0.2, -0.15) is 18.3 Å². The van der Waals surface area contributed by atoms with E-state index in [1.807, 2.05) is 6.92 Å². The smallest absolute Gasteiger partial charge is 0.391 e. The number of nitrogens with one attached hydrogen (secondary N) is 1. The Hall–Kier alpha value is -2.35. The van der Waals surface area contributed by atoms with E-state index in [0.29, 0.717) is 11.3 Å². The van der Waals surface area contributed by atoms with Crippen LogP contribution in [0, 0.1) is 6.92 Å². The molecule has 0 saturated carbocycles. The minimum Gasteiger partial charge on any atom is -0.391 e. The van der Waals surface area contributed by atoms with E-state index in [4.69, 9.17) is 0 Å². The third-order valence-electron chi connectivity index (χ3n) is 4.29. The molecule has 0 radical (unpaired) electrons. The number of rotatable bonds is 3. The summed E-state index contributed by atoms with van der Waals surface area (Å²) >= 11 is 0. The minimum atomic E-state index is -4.45. The van der Waals surface area contributed by atoms with Crippen LogP contribution in [-0.4, -0.2) is 38.8 Å². The van der Waals surface area contributed by atoms with Crippen molar-refractivity contribution in [1.29, 1.82) is 0 Å². The van der Waals surface area contributed by atoms with Gasteiger partial charge in [-0.1, -0.05) is 12.1 Å². The van der Waals surface area contributed by atoms with Gasteiger partial charge in [-0.3, -0.25) is 9.89 Å². The largest absolute Gasteiger partial charge is 0.416 e. The molecule has 2 heterocycles. The second-order valence-corrected chi connectivity index (χ2v) is 6.29. The maximum atomic E-state index is 12.9. The van der Waals surface area contributed by atoms with Gasteiger partial charge in [-0.05, 0) is 37.1 Å². The Morgan fingerprint density at radius 1 is 1.40 bits per heavy atom. The molecule has 1 aromatic carbocycles. The van der Waals surface area contributed by atoms with Crippen molar-refractivity contribution in [2.75, 3.05) is 6.54 Å². The molecule has 1 amide bonds. The Labute approximate surface area is 142 Å². The van der Waals surface area contributed by atoms with Gasteiger partial charge in [0.05, 0.1) is 29.8 Å². The Kier molecular flexibility index (Phi) is 4.55. The number of aliphatic hydroxyl groups excluding tert-OH is 1. The molecule has 0 bridgehead atoms. The maximum absolute atomic E-state index is 12.9. The molecule has 2 N–H and O–H groups in total. The number of aromatic nitrogens is 2. The number of carbonyl (C=O) groups excluding carboxylic acids is 1. The van der Waals surface area contributed by atoms with Crippen LogP contribution in [0.15, 0.2) is 30.3 Å². The van der Waals surface area contributed by atoms with Crippen LogP contribution < -0.4 is 0 Å². The Morgan fingerprint density at radius 2 is 2.16 bits per heavy atom. The van der Waals surface area contributed by atoms with Gasteiger partial charge in [-0.15, -0.1) is 0 Å². The molecule has 1 aromatic heterocycles. The highest BCUT2D eigenvalue weighted by Gasteiger charge is 2.37. The topological polar surface area (TPSA) is 69.2 Å². The number of halogens is 3. The molecule has 2 atom stereocenters. The fraction of sp³-hybridized carbons (Fsp3) is 0.412. The molecule has 1 saturated heterocycles. The highest BCUT2D eigenvalue weighted by atomic mass is 19.4. The van der Waals surface area contributed by atoms with Crippen molar-refractivity contribution in [3.05, 3.63) is 52.8 Å². The summed E-state index contributed by atoms with van der Waals surface area (Å²) in [6, 6.07) is 6.07. The average molecular weight is 353 g/mol. The molecule has 1 fully saturated rings. The van der Waals surface area contributed by atoms with Crippen LogP contribution in [0.2, 0.25) is 0 Å². The predicted octanol–water partition coefficient (Wildman–Crippen LogP) is 2.61. The van der Waals surface area contributed by atoms with Crippen LogP contribution in [0.5, 0.6) is 0 Å². The summed E-state index contributed by atoms with van der Waals surface area (Å²) in [7, 11) is 0. The van der Waals surface area contributed by atoms with E-state index in [-0.39, 0.29) is 25.3 Å². The lowest BCUT2D eigenvalue weighted by atomic mass is 10.0. The molecule has 0 aliphatic carbocycles. The van der Waals surface area contributed by atoms with Crippen molar-refractivity contribution in [3.63, 3.8) is 0 Å². The third kappa shape index (κ3) is 3.84. The summed E-state index contributed by atoms with van der Waals surface area (Å²) < 4.78 is 38.8. The molecule has 0 spiro atoms. The van der Waals surface area contributed by atoms with Crippen LogP contribution in [0.1, 0.15) is 35.0 Å². The second-order valence-electron chi connectivity index (χ2n) is 6.29. The zero-order valence-electron chi connectivity index (χ0n) is 13.5. The SMILES string of the molecule is Cc1cc(CC(=O)N2C[C@@H](O)C[C@H]2c2cccc(C(F)(F)F)c2)n[nH]1. The summed E-state index contributed by atoms with van der Waals surface area (Å²) in [5.74, 6) is -0.273. The Balaban J connectivity index is 1.83. The van der Waals surface area contributed by atoms with Gasteiger partial charge < -0.3 is 10.0 Å². The number of aromatic amines is 1. The van der Waals surface area contributed by atoms with Crippen molar-refractivity contribution < 1.29 is 23.1 Å². The van der Waals surface area contributed by atoms with Gasteiger partial charge >= 0.3 is 6.18 Å². The Morgan fingerprint density at radius 3 is 2.80 bits per heavy atom. The van der Waals surface area contributed by atoms with Gasteiger partial charge in [0.1, 0.15) is 0 Å². The van der Waals surface area contributed by atoms with E-state index in [0.717, 1.165) is 17.8 Å². The lowest BCUT2D eigenvalue weighted by Gasteiger charge is -2.25. The van der Waals surface area contributed by atoms with Gasteiger partial charge in [0, 0.05) is 12.2 Å². The number of nitrogens with zero attached hydrogens (tertiary/aromatic N) is 2. The van der Waals surface area contributed by atoms with Crippen LogP contribution in [-0.2, 0) is 17.4 Å². The number of aryl methyl sites for hydroxylation is 1. The zero-order chi connectivity index (χ0) is 18.2. The van der Waals surface area contributed by atoms with E-state index in [1.54, 1.807) is 12.1 Å². The van der Waals surface area contributed by atoms with E-state index in [9.17, 15) is 23.1 Å². The fourth-order valence-electron chi connectivity index (χ4n) is 3.15. The van der Waals surface area contributed by atoms with E-state index >= 15 is 0 Å². The molecule has 2 aromatic rings. The fourth-order valence-corrected chi connectivity index (χ4v) is 3.15. The number of hydrogen-bond acceptors (Lipinski definition) is 3. The lowest BCUT2D eigenvalue weighted by Crippen LogP contribution is -2.33. The highest BCUT2D eigenvalue weighted by molar-refractivity contribution is 5.79. The standard InChI is InChI=1S/C17H18F3N3O2/c1-10-5-13(22-21-10)7-16(25)23-9-14(24)8-15(23)11-3-2-4-12(6-11)17(18,19)20/h2-6,14-15,24H,7-9H2,1H3,(H,21,22)/t14-,15-/m0/s1. The molecule has 1 aliphatic heterocycles. The molecular formula is C17H18F3N3O2. The van der Waals surface area contributed by atoms with E-state index in [1.165, 1.54) is 11.0 Å². The second kappa shape index (κ2) is 6.51. The van der Waals surface area contributed by atoms with E-state index in [2.05, 4.69) is 10.2 Å². The molecular weight excluding hydrogens is 335 g/mol. The molecule has 1 aliphatic rings. The molecule has 5 nitrogen and oxygen atoms in total. The quantitative estimate of drug-likeness (QED) is 0.891. The highest BCUT2D eigenvalue weighted by Crippen LogP contribution is 2.36. The zero-order valence-corrected chi connectivity index (χ0v) is 13.5. The van der Waals surface area contributed by atoms with Crippen molar-refractivity contribution in [2.45, 2.75) is 38.1 Å². The van der Waals surface area contributed by atoms with Crippen molar-refractivity contribution in [3.8, 4) is 0 Å². The molecule has 8 heteroatoms. The van der Waals surface area contributed by atoms with Crippen LogP contribution in [0.4, 0.5) is 13.2 Å². The summed E-state index contributed by atoms with van der Waals surface area (Å²) in [5, 5.41) is 16.7.